The predicted octanol–water partition coefficient (Wildman–Crippen LogP) is 3.72. The highest BCUT2D eigenvalue weighted by molar-refractivity contribution is 9.10. The monoisotopic (exact) mass is 361 g/mol. The summed E-state index contributed by atoms with van der Waals surface area (Å²) in [4.78, 5) is 18.7. The minimum atomic E-state index is -0.131. The van der Waals surface area contributed by atoms with Crippen LogP contribution in [0.1, 0.15) is 16.0 Å². The van der Waals surface area contributed by atoms with Crippen molar-refractivity contribution in [2.75, 3.05) is 0 Å². The summed E-state index contributed by atoms with van der Waals surface area (Å²) in [5.41, 5.74) is 1.77. The normalized spacial score (nSPS) is 11.6. The molecule has 0 aliphatic carbocycles. The van der Waals surface area contributed by atoms with Crippen LogP contribution in [-0.4, -0.2) is 15.9 Å². The number of nitrogens with zero attached hydrogens (tertiary/aromatic N) is 3. The van der Waals surface area contributed by atoms with Crippen LogP contribution < -0.4 is 5.56 Å². The van der Waals surface area contributed by atoms with Crippen LogP contribution >= 0.6 is 27.3 Å². The molecule has 6 heteroatoms. The third-order valence-corrected chi connectivity index (χ3v) is 4.86. The van der Waals surface area contributed by atoms with E-state index in [9.17, 15) is 4.79 Å². The van der Waals surface area contributed by atoms with Gasteiger partial charge < -0.3 is 0 Å². The predicted molar refractivity (Wildman–Crippen MR) is 90.5 cm³/mol. The van der Waals surface area contributed by atoms with E-state index in [0.29, 0.717) is 5.39 Å². The van der Waals surface area contributed by atoms with Gasteiger partial charge in [-0.2, -0.15) is 9.78 Å². The maximum absolute atomic E-state index is 12.5. The van der Waals surface area contributed by atoms with Crippen LogP contribution in [0.5, 0.6) is 0 Å². The van der Waals surface area contributed by atoms with E-state index in [4.69, 9.17) is 0 Å². The molecule has 0 fully saturated rings. The van der Waals surface area contributed by atoms with Crippen LogP contribution in [0.25, 0.3) is 10.2 Å². The fourth-order valence-corrected chi connectivity index (χ4v) is 3.43. The molecule has 0 N–H and O–H groups in total. The lowest BCUT2D eigenvalue weighted by molar-refractivity contribution is 0.818. The van der Waals surface area contributed by atoms with Gasteiger partial charge in [0.05, 0.1) is 11.6 Å². The Bertz CT molecular complexity index is 911. The molecule has 0 bridgehead atoms. The van der Waals surface area contributed by atoms with Gasteiger partial charge in [-0.25, -0.2) is 4.98 Å². The lowest BCUT2D eigenvalue weighted by Crippen LogP contribution is -2.16. The van der Waals surface area contributed by atoms with E-state index < -0.39 is 0 Å². The maximum Gasteiger partial charge on any atom is 0.282 e. The molecule has 3 aromatic rings. The maximum atomic E-state index is 12.5. The van der Waals surface area contributed by atoms with Crippen molar-refractivity contribution in [3.8, 4) is 0 Å². The van der Waals surface area contributed by atoms with Crippen molar-refractivity contribution in [2.24, 2.45) is 5.10 Å². The zero-order valence-electron chi connectivity index (χ0n) is 11.5. The zero-order valence-corrected chi connectivity index (χ0v) is 13.9. The number of thiophene rings is 1. The molecule has 0 radical (unpaired) electrons. The van der Waals surface area contributed by atoms with E-state index in [2.05, 4.69) is 26.0 Å². The highest BCUT2D eigenvalue weighted by Gasteiger charge is 2.11. The van der Waals surface area contributed by atoms with Crippen LogP contribution in [0.4, 0.5) is 0 Å². The molecule has 0 unspecified atom stereocenters. The number of halogens is 1. The largest absolute Gasteiger partial charge is 0.282 e. The Kier molecular flexibility index (Phi) is 3.73. The van der Waals surface area contributed by atoms with E-state index in [1.807, 2.05) is 38.1 Å². The molecule has 0 saturated heterocycles. The Hall–Kier alpha value is -1.79. The first-order valence-electron chi connectivity index (χ1n) is 6.33. The SMILES string of the molecule is Cc1sc2ncn(/N=C/c3cccc(Br)c3)c(=O)c2c1C. The summed E-state index contributed by atoms with van der Waals surface area (Å²) in [7, 11) is 0. The Morgan fingerprint density at radius 2 is 2.19 bits per heavy atom. The van der Waals surface area contributed by atoms with Crippen molar-refractivity contribution in [2.45, 2.75) is 13.8 Å². The number of benzene rings is 1. The second-order valence-electron chi connectivity index (χ2n) is 4.66. The molecule has 2 heterocycles. The van der Waals surface area contributed by atoms with E-state index in [0.717, 1.165) is 25.3 Å². The van der Waals surface area contributed by atoms with E-state index >= 15 is 0 Å². The smallest absolute Gasteiger partial charge is 0.267 e. The number of hydrogen-bond acceptors (Lipinski definition) is 4. The van der Waals surface area contributed by atoms with Gasteiger partial charge in [0.2, 0.25) is 0 Å². The summed E-state index contributed by atoms with van der Waals surface area (Å²) < 4.78 is 2.25. The first-order chi connectivity index (χ1) is 10.1. The minimum Gasteiger partial charge on any atom is -0.267 e. The van der Waals surface area contributed by atoms with Gasteiger partial charge in [-0.15, -0.1) is 11.3 Å². The van der Waals surface area contributed by atoms with Crippen molar-refractivity contribution in [3.63, 3.8) is 0 Å². The van der Waals surface area contributed by atoms with Gasteiger partial charge in [-0.05, 0) is 37.1 Å². The van der Waals surface area contributed by atoms with Gasteiger partial charge in [0.25, 0.3) is 5.56 Å². The van der Waals surface area contributed by atoms with E-state index in [1.165, 1.54) is 22.3 Å². The Morgan fingerprint density at radius 3 is 2.95 bits per heavy atom. The van der Waals surface area contributed by atoms with Gasteiger partial charge in [0, 0.05) is 9.35 Å². The number of aryl methyl sites for hydroxylation is 2. The Morgan fingerprint density at radius 1 is 1.38 bits per heavy atom. The molecule has 0 atom stereocenters. The first kappa shape index (κ1) is 14.2. The van der Waals surface area contributed by atoms with Crippen LogP contribution in [0, 0.1) is 13.8 Å². The van der Waals surface area contributed by atoms with Crippen LogP contribution in [0.3, 0.4) is 0 Å². The molecular weight excluding hydrogens is 350 g/mol. The number of hydrogen-bond donors (Lipinski definition) is 0. The molecule has 0 amide bonds. The third kappa shape index (κ3) is 2.69. The van der Waals surface area contributed by atoms with Crippen LogP contribution in [0.2, 0.25) is 0 Å². The molecule has 3 rings (SSSR count). The van der Waals surface area contributed by atoms with Crippen LogP contribution in [0.15, 0.2) is 45.0 Å². The van der Waals surface area contributed by atoms with Gasteiger partial charge in [-0.3, -0.25) is 4.79 Å². The number of aromatic nitrogens is 2. The molecule has 0 aliphatic heterocycles. The summed E-state index contributed by atoms with van der Waals surface area (Å²) in [5, 5.41) is 4.88. The fourth-order valence-electron chi connectivity index (χ4n) is 2.02. The molecular formula is C15H12BrN3OS. The minimum absolute atomic E-state index is 0.131. The average Bonchev–Trinajstić information content (AvgIpc) is 2.74. The van der Waals surface area contributed by atoms with Crippen molar-refractivity contribution in [1.82, 2.24) is 9.66 Å². The summed E-state index contributed by atoms with van der Waals surface area (Å²) in [6.07, 6.45) is 3.11. The van der Waals surface area contributed by atoms with Gasteiger partial charge in [-0.1, -0.05) is 28.1 Å². The van der Waals surface area contributed by atoms with Crippen molar-refractivity contribution in [3.05, 3.63) is 61.4 Å². The van der Waals surface area contributed by atoms with E-state index in [1.54, 1.807) is 6.21 Å². The summed E-state index contributed by atoms with van der Waals surface area (Å²) in [5.74, 6) is 0. The first-order valence-corrected chi connectivity index (χ1v) is 7.94. The Labute approximate surface area is 133 Å². The number of rotatable bonds is 2. The highest BCUT2D eigenvalue weighted by atomic mass is 79.9. The second-order valence-corrected chi connectivity index (χ2v) is 6.78. The Balaban J connectivity index is 2.07. The highest BCUT2D eigenvalue weighted by Crippen LogP contribution is 2.25. The molecule has 1 aromatic carbocycles. The summed E-state index contributed by atoms with van der Waals surface area (Å²) in [6, 6.07) is 7.71. The molecule has 0 aliphatic rings. The van der Waals surface area contributed by atoms with E-state index in [-0.39, 0.29) is 5.56 Å². The molecule has 2 aromatic heterocycles. The van der Waals surface area contributed by atoms with Gasteiger partial charge >= 0.3 is 0 Å². The lowest BCUT2D eigenvalue weighted by Gasteiger charge is -1.99. The molecule has 21 heavy (non-hydrogen) atoms. The molecule has 4 nitrogen and oxygen atoms in total. The zero-order chi connectivity index (χ0) is 15.0. The topological polar surface area (TPSA) is 47.2 Å². The standard InChI is InChI=1S/C15H12BrN3OS/c1-9-10(2)21-14-13(9)15(20)19(8-17-14)18-7-11-4-3-5-12(16)6-11/h3-8H,1-2H3/b18-7+. The van der Waals surface area contributed by atoms with Crippen molar-refractivity contribution >= 4 is 43.7 Å². The molecule has 0 saturated carbocycles. The lowest BCUT2D eigenvalue weighted by atomic mass is 10.2. The van der Waals surface area contributed by atoms with Crippen LogP contribution in [-0.2, 0) is 0 Å². The van der Waals surface area contributed by atoms with Crippen molar-refractivity contribution < 1.29 is 0 Å². The summed E-state index contributed by atoms with van der Waals surface area (Å²) in [6.45, 7) is 3.94. The second kappa shape index (κ2) is 5.54. The number of fused-ring (bicyclic) bond motifs is 1. The fraction of sp³-hybridized carbons (Fsp3) is 0.133. The van der Waals surface area contributed by atoms with Gasteiger partial charge in [0.1, 0.15) is 11.2 Å². The quantitative estimate of drug-likeness (QED) is 0.653. The summed E-state index contributed by atoms with van der Waals surface area (Å²) >= 11 is 4.94. The average molecular weight is 362 g/mol. The van der Waals surface area contributed by atoms with Gasteiger partial charge in [0.15, 0.2) is 0 Å². The van der Waals surface area contributed by atoms with Crippen molar-refractivity contribution in [1.29, 1.82) is 0 Å². The third-order valence-electron chi connectivity index (χ3n) is 3.25. The molecule has 0 spiro atoms. The molecule has 106 valence electrons.